The number of carbonyl (C=O) groups excluding carboxylic acids is 2. The fourth-order valence-electron chi connectivity index (χ4n) is 4.35. The summed E-state index contributed by atoms with van der Waals surface area (Å²) in [5, 5.41) is 0. The van der Waals surface area contributed by atoms with Crippen molar-refractivity contribution in [1.29, 1.82) is 0 Å². The lowest BCUT2D eigenvalue weighted by Crippen LogP contribution is -2.57. The zero-order valence-electron chi connectivity index (χ0n) is 17.4. The monoisotopic (exact) mass is 422 g/mol. The number of benzene rings is 1. The first-order valence-electron chi connectivity index (χ1n) is 10.1. The Bertz CT molecular complexity index is 846. The summed E-state index contributed by atoms with van der Waals surface area (Å²) in [6.07, 6.45) is 2.01. The quantitative estimate of drug-likeness (QED) is 0.682. The Hall–Kier alpha value is -2.13. The number of likely N-dealkylation sites (N-methyl/N-ethyl adjacent to an activating group) is 1. The van der Waals surface area contributed by atoms with Gasteiger partial charge in [0.2, 0.25) is 21.8 Å². The van der Waals surface area contributed by atoms with Crippen LogP contribution in [0.5, 0.6) is 0 Å². The molecule has 8 nitrogen and oxygen atoms in total. The number of sulfonamides is 1. The number of piperidine rings is 1. The van der Waals surface area contributed by atoms with Gasteiger partial charge in [0.15, 0.2) is 0 Å². The van der Waals surface area contributed by atoms with Gasteiger partial charge in [-0.3, -0.25) is 9.59 Å². The molecule has 2 aliphatic rings. The molecule has 0 N–H and O–H groups in total. The third-order valence-electron chi connectivity index (χ3n) is 6.04. The van der Waals surface area contributed by atoms with Gasteiger partial charge in [0.05, 0.1) is 12.9 Å². The topological polar surface area (TPSA) is 81.2 Å². The van der Waals surface area contributed by atoms with E-state index in [1.165, 1.54) is 10.6 Å². The second kappa shape index (κ2) is 8.31. The maximum Gasteiger partial charge on any atom is 0.250 e. The smallest absolute Gasteiger partial charge is 0.250 e. The van der Waals surface area contributed by atoms with E-state index in [0.29, 0.717) is 45.7 Å². The van der Waals surface area contributed by atoms with E-state index >= 15 is 0 Å². The Morgan fingerprint density at radius 3 is 2.21 bits per heavy atom. The highest BCUT2D eigenvalue weighted by atomic mass is 32.2. The lowest BCUT2D eigenvalue weighted by molar-refractivity contribution is -0.140. The van der Waals surface area contributed by atoms with Gasteiger partial charge in [0.1, 0.15) is 12.1 Å². The molecule has 0 aromatic heterocycles. The SMILES string of the molecule is CCN(CC)C(=O)CN1CN(c2ccccc2)C2(CCN(S(C)(=O)=O)CC2)C1=O. The van der Waals surface area contributed by atoms with Crippen LogP contribution in [0.2, 0.25) is 0 Å². The Kier molecular flexibility index (Phi) is 6.19. The number of amides is 2. The van der Waals surface area contributed by atoms with Crippen molar-refractivity contribution in [2.75, 3.05) is 50.5 Å². The van der Waals surface area contributed by atoms with Crippen molar-refractivity contribution in [2.24, 2.45) is 0 Å². The summed E-state index contributed by atoms with van der Waals surface area (Å²) >= 11 is 0. The summed E-state index contributed by atoms with van der Waals surface area (Å²) in [5.74, 6) is -0.156. The molecular weight excluding hydrogens is 392 g/mol. The Morgan fingerprint density at radius 2 is 1.69 bits per heavy atom. The molecule has 1 aromatic rings. The van der Waals surface area contributed by atoms with Gasteiger partial charge < -0.3 is 14.7 Å². The number of hydrogen-bond acceptors (Lipinski definition) is 5. The summed E-state index contributed by atoms with van der Waals surface area (Å²) in [6, 6.07) is 9.66. The zero-order valence-corrected chi connectivity index (χ0v) is 18.2. The lowest BCUT2D eigenvalue weighted by Gasteiger charge is -2.42. The van der Waals surface area contributed by atoms with E-state index in [1.807, 2.05) is 49.1 Å². The molecule has 29 heavy (non-hydrogen) atoms. The van der Waals surface area contributed by atoms with Crippen LogP contribution in [0.1, 0.15) is 26.7 Å². The minimum atomic E-state index is -3.29. The summed E-state index contributed by atoms with van der Waals surface area (Å²) in [5.41, 5.74) is 0.0953. The molecule has 1 spiro atoms. The molecule has 0 atom stereocenters. The first-order valence-corrected chi connectivity index (χ1v) is 11.9. The summed E-state index contributed by atoms with van der Waals surface area (Å²) in [4.78, 5) is 31.5. The molecule has 9 heteroatoms. The normalized spacial score (nSPS) is 19.8. The zero-order chi connectivity index (χ0) is 21.2. The van der Waals surface area contributed by atoms with Crippen molar-refractivity contribution in [3.05, 3.63) is 30.3 Å². The van der Waals surface area contributed by atoms with E-state index < -0.39 is 15.6 Å². The van der Waals surface area contributed by atoms with Gasteiger partial charge in [-0.2, -0.15) is 0 Å². The van der Waals surface area contributed by atoms with E-state index in [-0.39, 0.29) is 18.4 Å². The molecule has 2 amide bonds. The van der Waals surface area contributed by atoms with Crippen LogP contribution >= 0.6 is 0 Å². The van der Waals surface area contributed by atoms with Crippen LogP contribution in [0.25, 0.3) is 0 Å². The molecule has 0 unspecified atom stereocenters. The molecule has 2 heterocycles. The molecule has 0 saturated carbocycles. The van der Waals surface area contributed by atoms with Crippen molar-refractivity contribution in [1.82, 2.24) is 14.1 Å². The molecule has 160 valence electrons. The van der Waals surface area contributed by atoms with Crippen molar-refractivity contribution in [3.8, 4) is 0 Å². The molecule has 3 rings (SSSR count). The van der Waals surface area contributed by atoms with E-state index in [1.54, 1.807) is 9.80 Å². The van der Waals surface area contributed by atoms with Gasteiger partial charge in [-0.1, -0.05) is 18.2 Å². The average Bonchev–Trinajstić information content (AvgIpc) is 2.95. The van der Waals surface area contributed by atoms with Gasteiger partial charge in [-0.15, -0.1) is 0 Å². The maximum absolute atomic E-state index is 13.5. The minimum Gasteiger partial charge on any atom is -0.342 e. The molecule has 2 fully saturated rings. The molecule has 0 radical (unpaired) electrons. The standard InChI is InChI=1S/C20H30N4O4S/c1-4-21(5-2)18(25)15-22-16-24(17-9-7-6-8-10-17)20(19(22)26)11-13-23(14-12-20)29(3,27)28/h6-10H,4-5,11-16H2,1-3H3. The number of rotatable bonds is 6. The van der Waals surface area contributed by atoms with Gasteiger partial charge in [-0.25, -0.2) is 12.7 Å². The van der Waals surface area contributed by atoms with Gasteiger partial charge in [0.25, 0.3) is 0 Å². The largest absolute Gasteiger partial charge is 0.342 e. The van der Waals surface area contributed by atoms with E-state index in [2.05, 4.69) is 0 Å². The number of hydrogen-bond donors (Lipinski definition) is 0. The lowest BCUT2D eigenvalue weighted by atomic mass is 9.86. The number of nitrogens with zero attached hydrogens (tertiary/aromatic N) is 4. The van der Waals surface area contributed by atoms with Crippen LogP contribution in [-0.2, 0) is 19.6 Å². The number of anilines is 1. The predicted molar refractivity (Wildman–Crippen MR) is 112 cm³/mol. The van der Waals surface area contributed by atoms with E-state index in [9.17, 15) is 18.0 Å². The average molecular weight is 423 g/mol. The van der Waals surface area contributed by atoms with Gasteiger partial charge in [-0.05, 0) is 38.8 Å². The molecule has 2 aliphatic heterocycles. The van der Waals surface area contributed by atoms with Crippen LogP contribution in [-0.4, -0.2) is 85.5 Å². The predicted octanol–water partition coefficient (Wildman–Crippen LogP) is 0.955. The van der Waals surface area contributed by atoms with Crippen LogP contribution < -0.4 is 4.90 Å². The number of carbonyl (C=O) groups is 2. The highest BCUT2D eigenvalue weighted by Crippen LogP contribution is 2.39. The van der Waals surface area contributed by atoms with E-state index in [0.717, 1.165) is 5.69 Å². The highest BCUT2D eigenvalue weighted by Gasteiger charge is 2.54. The summed E-state index contributed by atoms with van der Waals surface area (Å²) in [6.45, 7) is 6.02. The fraction of sp³-hybridized carbons (Fsp3) is 0.600. The van der Waals surface area contributed by atoms with Crippen LogP contribution in [0.15, 0.2) is 30.3 Å². The van der Waals surface area contributed by atoms with Crippen molar-refractivity contribution in [2.45, 2.75) is 32.2 Å². The first-order chi connectivity index (χ1) is 13.7. The minimum absolute atomic E-state index is 0.0430. The molecule has 0 aliphatic carbocycles. The second-order valence-corrected chi connectivity index (χ2v) is 9.65. The molecule has 1 aromatic carbocycles. The van der Waals surface area contributed by atoms with Crippen molar-refractivity contribution < 1.29 is 18.0 Å². The summed E-state index contributed by atoms with van der Waals surface area (Å²) < 4.78 is 25.3. The Morgan fingerprint density at radius 1 is 1.10 bits per heavy atom. The Balaban J connectivity index is 1.88. The first kappa shape index (κ1) is 21.6. The summed E-state index contributed by atoms with van der Waals surface area (Å²) in [7, 11) is -3.29. The fourth-order valence-corrected chi connectivity index (χ4v) is 5.20. The van der Waals surface area contributed by atoms with E-state index in [4.69, 9.17) is 0 Å². The molecule has 2 saturated heterocycles. The van der Waals surface area contributed by atoms with Crippen LogP contribution in [0.4, 0.5) is 5.69 Å². The maximum atomic E-state index is 13.5. The van der Waals surface area contributed by atoms with Crippen LogP contribution in [0.3, 0.4) is 0 Å². The highest BCUT2D eigenvalue weighted by molar-refractivity contribution is 7.88. The third kappa shape index (κ3) is 4.11. The van der Waals surface area contributed by atoms with Crippen molar-refractivity contribution >= 4 is 27.5 Å². The van der Waals surface area contributed by atoms with Gasteiger partial charge in [0, 0.05) is 31.9 Å². The number of para-hydroxylation sites is 1. The molecular formula is C20H30N4O4S. The van der Waals surface area contributed by atoms with Gasteiger partial charge >= 0.3 is 0 Å². The third-order valence-corrected chi connectivity index (χ3v) is 7.35. The van der Waals surface area contributed by atoms with Crippen LogP contribution in [0, 0.1) is 0 Å². The molecule has 0 bridgehead atoms. The Labute approximate surface area is 173 Å². The van der Waals surface area contributed by atoms with Crippen molar-refractivity contribution in [3.63, 3.8) is 0 Å². The second-order valence-electron chi connectivity index (χ2n) is 7.67.